The van der Waals surface area contributed by atoms with Gasteiger partial charge in [0.05, 0.1) is 39.4 Å². The highest BCUT2D eigenvalue weighted by molar-refractivity contribution is 6.33. The molecule has 0 radical (unpaired) electrons. The number of benzene rings is 2. The first-order valence-electron chi connectivity index (χ1n) is 24.2. The van der Waals surface area contributed by atoms with Crippen LogP contribution in [0.2, 0.25) is 10.0 Å². The number of hydrogen-bond donors (Lipinski definition) is 7. The van der Waals surface area contributed by atoms with E-state index in [1.165, 1.54) is 24.3 Å². The van der Waals surface area contributed by atoms with Crippen LogP contribution in [-0.2, 0) is 9.59 Å². The number of rotatable bonds is 17. The van der Waals surface area contributed by atoms with Crippen molar-refractivity contribution < 1.29 is 24.3 Å². The summed E-state index contributed by atoms with van der Waals surface area (Å²) in [5.74, 6) is -0.489. The Morgan fingerprint density at radius 2 is 1.08 bits per heavy atom. The lowest BCUT2D eigenvalue weighted by Crippen LogP contribution is -2.34. The first-order valence-corrected chi connectivity index (χ1v) is 25.0. The number of carboxylic acid groups (broad SMARTS) is 1. The fraction of sp³-hybridized carbons (Fsp3) is 0.296. The Hall–Kier alpha value is -7.39. The zero-order valence-corrected chi connectivity index (χ0v) is 44.9. The van der Waals surface area contributed by atoms with E-state index in [0.29, 0.717) is 69.4 Å². The van der Waals surface area contributed by atoms with Crippen molar-refractivity contribution in [2.75, 3.05) is 62.5 Å². The number of amides is 3. The molecule has 0 saturated heterocycles. The van der Waals surface area contributed by atoms with Gasteiger partial charge in [-0.2, -0.15) is 0 Å². The van der Waals surface area contributed by atoms with Gasteiger partial charge in [-0.3, -0.25) is 24.4 Å². The molecule has 22 heteroatoms. The van der Waals surface area contributed by atoms with Crippen molar-refractivity contribution in [2.24, 2.45) is 5.73 Å². The van der Waals surface area contributed by atoms with E-state index in [1.807, 2.05) is 62.3 Å². The largest absolute Gasteiger partial charge is 0.478 e. The number of carbonyl (C=O) groups excluding carboxylic acids is 3. The number of nitrogens with two attached hydrogens (primary N) is 1. The van der Waals surface area contributed by atoms with E-state index < -0.39 is 5.97 Å². The third-order valence-corrected chi connectivity index (χ3v) is 12.1. The number of carbonyl (C=O) groups is 4. The molecule has 2 aromatic carbocycles. The lowest BCUT2D eigenvalue weighted by molar-refractivity contribution is -0.112. The molecule has 0 unspecified atom stereocenters. The van der Waals surface area contributed by atoms with Crippen LogP contribution < -0.4 is 32.3 Å². The van der Waals surface area contributed by atoms with E-state index in [4.69, 9.17) is 34.0 Å². The summed E-state index contributed by atoms with van der Waals surface area (Å²) < 4.78 is 0. The third kappa shape index (κ3) is 19.7. The Morgan fingerprint density at radius 1 is 0.632 bits per heavy atom. The molecule has 3 amide bonds. The molecule has 0 bridgehead atoms. The van der Waals surface area contributed by atoms with Crippen LogP contribution in [0.1, 0.15) is 59.2 Å². The minimum atomic E-state index is -0.987. The van der Waals surface area contributed by atoms with Gasteiger partial charge < -0.3 is 47.2 Å². The summed E-state index contributed by atoms with van der Waals surface area (Å²) in [7, 11) is 7.68. The van der Waals surface area contributed by atoms with Gasteiger partial charge in [-0.1, -0.05) is 35.4 Å². The molecular weight excluding hydrogens is 1030 g/mol. The number of halogens is 3. The average molecular weight is 1090 g/mol. The molecule has 6 aromatic rings. The van der Waals surface area contributed by atoms with Crippen LogP contribution in [0, 0.1) is 0 Å². The first-order chi connectivity index (χ1) is 36.1. The van der Waals surface area contributed by atoms with E-state index in [2.05, 4.69) is 56.5 Å². The van der Waals surface area contributed by atoms with Crippen LogP contribution in [0.15, 0.2) is 134 Å². The predicted octanol–water partition coefficient (Wildman–Crippen LogP) is 8.36. The van der Waals surface area contributed by atoms with Crippen molar-refractivity contribution in [3.8, 4) is 22.5 Å². The topological polar surface area (TPSA) is 258 Å². The lowest BCUT2D eigenvalue weighted by Gasteiger charge is -2.15. The number of nitrogens with zero attached hydrogens (tertiary/aromatic N) is 8. The normalized spacial score (nSPS) is 16.7. The van der Waals surface area contributed by atoms with Crippen molar-refractivity contribution in [2.45, 2.75) is 62.7 Å². The molecule has 2 aliphatic rings. The number of pyridine rings is 2. The summed E-state index contributed by atoms with van der Waals surface area (Å²) in [6.07, 6.45) is 22.1. The van der Waals surface area contributed by atoms with Gasteiger partial charge in [0.2, 0.25) is 23.7 Å². The molecule has 19 nitrogen and oxygen atoms in total. The molecule has 2 aliphatic carbocycles. The smallest absolute Gasteiger partial charge is 0.335 e. The Morgan fingerprint density at radius 3 is 1.50 bits per heavy atom. The highest BCUT2D eigenvalue weighted by Crippen LogP contribution is 2.29. The van der Waals surface area contributed by atoms with E-state index in [0.717, 1.165) is 49.7 Å². The van der Waals surface area contributed by atoms with Gasteiger partial charge in [0.25, 0.3) is 5.91 Å². The van der Waals surface area contributed by atoms with Gasteiger partial charge in [0, 0.05) is 102 Å². The Labute approximate surface area is 458 Å². The van der Waals surface area contributed by atoms with Gasteiger partial charge in [0.1, 0.15) is 0 Å². The average Bonchev–Trinajstić information content (AvgIpc) is 4.03. The molecule has 4 atom stereocenters. The van der Waals surface area contributed by atoms with Gasteiger partial charge in [-0.25, -0.2) is 24.7 Å². The SMILES string of the molecule is CN(C)C/C=C/C(=O)Nc1ccc(C(=O)N[C@@H]2CC[C@H](Nc3ncc(Cl)c(-c4cccnc4)n3)C2)cc1.CN(C)C/C=C/C(=O)Nc1ccc(C(=O)O)cc1.Cl.N[C@@H]1CC[C@H](Nc2ncc(Cl)c(-c3cccnc3)n2)C1. The second-order valence-corrected chi connectivity index (χ2v) is 19.1. The number of carboxylic acids is 1. The second kappa shape index (κ2) is 30.2. The standard InChI is InChI=1S/C27H30ClN7O2.C14H16ClN5.C13H16N2O3.ClH/c1-35(2)14-4-6-24(36)31-20-9-7-18(8-10-20)26(37)32-21-11-12-22(15-21)33-27-30-17-23(28)25(34-27)19-5-3-13-29-16-19;15-12-8-18-14(19-11-4-3-10(16)6-11)20-13(12)9-2-1-5-17-7-9;1-15(2)9-3-4-12(16)14-11-7-5-10(6-8-11)13(17)18;/h3-10,13,16-17,21-22H,11-12,14-15H2,1-2H3,(H,31,36)(H,32,37)(H,30,33,34);1-2,5,7-8,10-11H,3-4,6,16H2,(H,18,19,20);3-8H,9H2,1-2H3,(H,14,16)(H,17,18);1H/b6-4+;;4-3+;/t21-,22+;10-,11+;;/m11../s1. The number of aromatic nitrogens is 6. The number of aromatic carboxylic acids is 1. The molecule has 76 heavy (non-hydrogen) atoms. The number of anilines is 4. The van der Waals surface area contributed by atoms with Crippen LogP contribution >= 0.6 is 35.6 Å². The highest BCUT2D eigenvalue weighted by Gasteiger charge is 2.27. The molecule has 0 aliphatic heterocycles. The summed E-state index contributed by atoms with van der Waals surface area (Å²) >= 11 is 12.5. The fourth-order valence-corrected chi connectivity index (χ4v) is 8.22. The zero-order valence-electron chi connectivity index (χ0n) is 42.6. The quantitative estimate of drug-likeness (QED) is 0.0423. The van der Waals surface area contributed by atoms with Gasteiger partial charge in [0.15, 0.2) is 0 Å². The van der Waals surface area contributed by atoms with Crippen LogP contribution in [0.25, 0.3) is 22.5 Å². The van der Waals surface area contributed by atoms with Gasteiger partial charge in [-0.05, 0) is 140 Å². The van der Waals surface area contributed by atoms with Crippen LogP contribution in [0.4, 0.5) is 23.3 Å². The Bertz CT molecular complexity index is 2880. The minimum absolute atomic E-state index is 0. The Kier molecular flexibility index (Phi) is 23.7. The summed E-state index contributed by atoms with van der Waals surface area (Å²) in [5, 5.41) is 24.9. The summed E-state index contributed by atoms with van der Waals surface area (Å²) in [4.78, 5) is 76.6. The summed E-state index contributed by atoms with van der Waals surface area (Å²) in [6, 6.07) is 21.2. The predicted molar refractivity (Wildman–Crippen MR) is 302 cm³/mol. The molecule has 4 heterocycles. The molecule has 2 fully saturated rings. The molecule has 8 rings (SSSR count). The molecule has 0 spiro atoms. The van der Waals surface area contributed by atoms with Crippen molar-refractivity contribution in [1.82, 2.24) is 45.0 Å². The maximum absolute atomic E-state index is 12.8. The highest BCUT2D eigenvalue weighted by atomic mass is 35.5. The Balaban J connectivity index is 0.000000231. The molecular formula is C54H63Cl3N14O5. The van der Waals surface area contributed by atoms with E-state index >= 15 is 0 Å². The maximum atomic E-state index is 12.8. The molecule has 2 saturated carbocycles. The van der Waals surface area contributed by atoms with Gasteiger partial charge in [-0.15, -0.1) is 12.4 Å². The monoisotopic (exact) mass is 1090 g/mol. The fourth-order valence-electron chi connectivity index (χ4n) is 7.82. The molecule has 8 N–H and O–H groups in total. The lowest BCUT2D eigenvalue weighted by atomic mass is 10.1. The van der Waals surface area contributed by atoms with Crippen LogP contribution in [-0.4, -0.2) is 134 Å². The van der Waals surface area contributed by atoms with Crippen molar-refractivity contribution >= 4 is 82.6 Å². The molecule has 4 aromatic heterocycles. The van der Waals surface area contributed by atoms with Gasteiger partial charge >= 0.3 is 5.97 Å². The number of hydrogen-bond acceptors (Lipinski definition) is 15. The first kappa shape index (κ1) is 59.5. The number of nitrogens with one attached hydrogen (secondary N) is 5. The molecule has 400 valence electrons. The zero-order chi connectivity index (χ0) is 53.7. The maximum Gasteiger partial charge on any atom is 0.335 e. The van der Waals surface area contributed by atoms with Crippen LogP contribution in [0.3, 0.4) is 0 Å². The third-order valence-electron chi connectivity index (χ3n) is 11.6. The van der Waals surface area contributed by atoms with Crippen molar-refractivity contribution in [3.63, 3.8) is 0 Å². The van der Waals surface area contributed by atoms with Crippen molar-refractivity contribution in [3.05, 3.63) is 155 Å². The van der Waals surface area contributed by atoms with E-state index in [1.54, 1.807) is 85.7 Å². The number of likely N-dealkylation sites (N-methyl/N-ethyl adjacent to an activating group) is 2. The van der Waals surface area contributed by atoms with Crippen LogP contribution in [0.5, 0.6) is 0 Å². The minimum Gasteiger partial charge on any atom is -0.478 e. The van der Waals surface area contributed by atoms with Crippen molar-refractivity contribution in [1.29, 1.82) is 0 Å². The van der Waals surface area contributed by atoms with E-state index in [9.17, 15) is 19.2 Å². The van der Waals surface area contributed by atoms with E-state index in [-0.39, 0.29) is 53.8 Å². The summed E-state index contributed by atoms with van der Waals surface area (Å²) in [5.41, 5.74) is 10.9. The second-order valence-electron chi connectivity index (χ2n) is 18.3. The summed E-state index contributed by atoms with van der Waals surface area (Å²) in [6.45, 7) is 1.37.